The number of alkyl halides is 2. The summed E-state index contributed by atoms with van der Waals surface area (Å²) in [7, 11) is 0. The Morgan fingerprint density at radius 1 is 1.24 bits per heavy atom. The van der Waals surface area contributed by atoms with Gasteiger partial charge in [0.1, 0.15) is 10.6 Å². The smallest absolute Gasteiger partial charge is 0.295 e. The number of ether oxygens (including phenoxy) is 1. The summed E-state index contributed by atoms with van der Waals surface area (Å²) in [5.41, 5.74) is 6.04. The van der Waals surface area contributed by atoms with E-state index in [9.17, 15) is 8.78 Å². The number of halogens is 2. The lowest BCUT2D eigenvalue weighted by molar-refractivity contribution is 0.0346. The molecule has 4 heterocycles. The average Bonchev–Trinajstić information content (AvgIpc) is 3.22. The van der Waals surface area contributed by atoms with Crippen molar-refractivity contribution in [3.05, 3.63) is 28.8 Å². The van der Waals surface area contributed by atoms with Crippen LogP contribution >= 0.6 is 11.3 Å². The number of hydrogen-bond donors (Lipinski definition) is 1. The van der Waals surface area contributed by atoms with E-state index in [1.807, 2.05) is 6.07 Å². The molecule has 2 N–H and O–H groups in total. The van der Waals surface area contributed by atoms with E-state index in [1.54, 1.807) is 0 Å². The predicted octanol–water partition coefficient (Wildman–Crippen LogP) is 3.30. The molecule has 1 aliphatic heterocycles. The Labute approximate surface area is 146 Å². The van der Waals surface area contributed by atoms with Crippen molar-refractivity contribution in [2.75, 3.05) is 32.0 Å². The fraction of sp³-hybridized carbons (Fsp3) is 0.375. The molecule has 0 unspecified atom stereocenters. The van der Waals surface area contributed by atoms with Gasteiger partial charge >= 0.3 is 0 Å². The normalized spacial score (nSPS) is 16.1. The molecule has 0 aliphatic carbocycles. The highest BCUT2D eigenvalue weighted by atomic mass is 32.1. The number of fused-ring (bicyclic) bond motifs is 1. The lowest BCUT2D eigenvalue weighted by Gasteiger charge is -2.25. The van der Waals surface area contributed by atoms with Gasteiger partial charge in [0.15, 0.2) is 17.3 Å². The minimum Gasteiger partial charge on any atom is -0.452 e. The highest BCUT2D eigenvalue weighted by molar-refractivity contribution is 7.18. The van der Waals surface area contributed by atoms with Gasteiger partial charge in [-0.1, -0.05) is 0 Å². The van der Waals surface area contributed by atoms with Gasteiger partial charge in [-0.15, -0.1) is 11.3 Å². The number of rotatable bonds is 4. The molecule has 1 fully saturated rings. The van der Waals surface area contributed by atoms with Crippen LogP contribution in [-0.2, 0) is 11.3 Å². The van der Waals surface area contributed by atoms with Crippen molar-refractivity contribution in [2.24, 2.45) is 0 Å². The van der Waals surface area contributed by atoms with Crippen LogP contribution in [0.4, 0.5) is 14.6 Å². The second kappa shape index (κ2) is 6.66. The Hall–Kier alpha value is -2.10. The Balaban J connectivity index is 1.64. The summed E-state index contributed by atoms with van der Waals surface area (Å²) < 4.78 is 35.8. The van der Waals surface area contributed by atoms with E-state index in [-0.39, 0.29) is 11.6 Å². The van der Waals surface area contributed by atoms with Crippen LogP contribution in [0.3, 0.4) is 0 Å². The molecule has 0 atom stereocenters. The van der Waals surface area contributed by atoms with Crippen molar-refractivity contribution < 1.29 is 17.9 Å². The standard InChI is InChI=1S/C16H16F2N4O2S/c17-13(18)11-1-2-12(24-11)15-20-14(19)10-7-9(25-16(10)21-15)8-22-3-5-23-6-4-22/h1-2,7,13H,3-6,8H2,(H2,19,20,21). The maximum atomic E-state index is 12.7. The van der Waals surface area contributed by atoms with Crippen LogP contribution in [0.5, 0.6) is 0 Å². The number of furan rings is 1. The lowest BCUT2D eigenvalue weighted by Crippen LogP contribution is -2.35. The van der Waals surface area contributed by atoms with Crippen molar-refractivity contribution in [3.8, 4) is 11.6 Å². The molecular formula is C16H16F2N4O2S. The third-order valence-electron chi connectivity index (χ3n) is 4.02. The second-order valence-electron chi connectivity index (χ2n) is 5.76. The molecule has 1 saturated heterocycles. The van der Waals surface area contributed by atoms with E-state index in [1.165, 1.54) is 23.5 Å². The number of thiophene rings is 1. The third-order valence-corrected chi connectivity index (χ3v) is 5.03. The van der Waals surface area contributed by atoms with Crippen molar-refractivity contribution in [3.63, 3.8) is 0 Å². The van der Waals surface area contributed by atoms with E-state index in [4.69, 9.17) is 14.9 Å². The van der Waals surface area contributed by atoms with Gasteiger partial charge in [-0.05, 0) is 18.2 Å². The van der Waals surface area contributed by atoms with Crippen molar-refractivity contribution in [2.45, 2.75) is 13.0 Å². The number of nitrogen functional groups attached to an aromatic ring is 1. The van der Waals surface area contributed by atoms with Crippen molar-refractivity contribution in [1.29, 1.82) is 0 Å². The van der Waals surface area contributed by atoms with Gasteiger partial charge in [-0.3, -0.25) is 4.90 Å². The number of anilines is 1. The molecule has 3 aromatic rings. The van der Waals surface area contributed by atoms with E-state index >= 15 is 0 Å². The molecule has 0 saturated carbocycles. The summed E-state index contributed by atoms with van der Waals surface area (Å²) in [5, 5.41) is 0.776. The fourth-order valence-electron chi connectivity index (χ4n) is 2.75. The van der Waals surface area contributed by atoms with Gasteiger partial charge in [0.05, 0.1) is 18.6 Å². The molecule has 9 heteroatoms. The fourth-order valence-corrected chi connectivity index (χ4v) is 3.83. The molecule has 3 aromatic heterocycles. The predicted molar refractivity (Wildman–Crippen MR) is 90.6 cm³/mol. The number of aromatic nitrogens is 2. The summed E-state index contributed by atoms with van der Waals surface area (Å²) in [4.78, 5) is 12.8. The van der Waals surface area contributed by atoms with Crippen LogP contribution in [-0.4, -0.2) is 41.2 Å². The molecule has 25 heavy (non-hydrogen) atoms. The highest BCUT2D eigenvalue weighted by Crippen LogP contribution is 2.32. The highest BCUT2D eigenvalue weighted by Gasteiger charge is 2.18. The van der Waals surface area contributed by atoms with Gasteiger partial charge in [0.25, 0.3) is 6.43 Å². The number of morpholine rings is 1. The molecule has 6 nitrogen and oxygen atoms in total. The summed E-state index contributed by atoms with van der Waals surface area (Å²) in [6.07, 6.45) is -2.67. The average molecular weight is 366 g/mol. The molecule has 0 bridgehead atoms. The topological polar surface area (TPSA) is 77.4 Å². The van der Waals surface area contributed by atoms with Gasteiger partial charge < -0.3 is 14.9 Å². The summed E-state index contributed by atoms with van der Waals surface area (Å²) >= 11 is 1.52. The summed E-state index contributed by atoms with van der Waals surface area (Å²) in [5.74, 6) is 0.319. The van der Waals surface area contributed by atoms with Crippen LogP contribution in [0.15, 0.2) is 22.6 Å². The zero-order chi connectivity index (χ0) is 17.4. The first-order valence-corrected chi connectivity index (χ1v) is 8.66. The Kier molecular flexibility index (Phi) is 4.36. The van der Waals surface area contributed by atoms with Crippen molar-refractivity contribution >= 4 is 27.4 Å². The second-order valence-corrected chi connectivity index (χ2v) is 6.87. The molecule has 4 rings (SSSR count). The van der Waals surface area contributed by atoms with Crippen LogP contribution in [0.1, 0.15) is 17.1 Å². The van der Waals surface area contributed by atoms with E-state index < -0.39 is 12.2 Å². The largest absolute Gasteiger partial charge is 0.452 e. The van der Waals surface area contributed by atoms with Crippen molar-refractivity contribution in [1.82, 2.24) is 14.9 Å². The van der Waals surface area contributed by atoms with Gasteiger partial charge in [-0.25, -0.2) is 18.7 Å². The molecule has 1 aliphatic rings. The Morgan fingerprint density at radius 3 is 2.76 bits per heavy atom. The van der Waals surface area contributed by atoms with Crippen LogP contribution in [0.25, 0.3) is 21.8 Å². The van der Waals surface area contributed by atoms with Crippen LogP contribution in [0.2, 0.25) is 0 Å². The van der Waals surface area contributed by atoms with E-state index in [0.29, 0.717) is 5.82 Å². The Morgan fingerprint density at radius 2 is 2.04 bits per heavy atom. The Bertz CT molecular complexity index is 890. The minimum absolute atomic E-state index is 0.187. The first-order valence-electron chi connectivity index (χ1n) is 7.84. The van der Waals surface area contributed by atoms with E-state index in [2.05, 4.69) is 14.9 Å². The summed E-state index contributed by atoms with van der Waals surface area (Å²) in [6, 6.07) is 4.65. The minimum atomic E-state index is -2.67. The molecule has 132 valence electrons. The van der Waals surface area contributed by atoms with Gasteiger partial charge in [-0.2, -0.15) is 0 Å². The van der Waals surface area contributed by atoms with Gasteiger partial charge in [0, 0.05) is 24.5 Å². The first kappa shape index (κ1) is 16.4. The first-order chi connectivity index (χ1) is 12.1. The third kappa shape index (κ3) is 3.35. The lowest BCUT2D eigenvalue weighted by atomic mass is 10.3. The maximum absolute atomic E-state index is 12.7. The van der Waals surface area contributed by atoms with Crippen LogP contribution < -0.4 is 5.73 Å². The number of nitrogens with two attached hydrogens (primary N) is 1. The zero-order valence-electron chi connectivity index (χ0n) is 13.2. The SMILES string of the molecule is Nc1nc(-c2ccc(C(F)F)o2)nc2sc(CN3CCOCC3)cc12. The number of hydrogen-bond acceptors (Lipinski definition) is 7. The molecule has 0 spiro atoms. The molecule has 0 aromatic carbocycles. The van der Waals surface area contributed by atoms with Crippen LogP contribution in [0, 0.1) is 0 Å². The summed E-state index contributed by atoms with van der Waals surface area (Å²) in [6.45, 7) is 4.06. The quantitative estimate of drug-likeness (QED) is 0.763. The number of nitrogens with zero attached hydrogens (tertiary/aromatic N) is 3. The zero-order valence-corrected chi connectivity index (χ0v) is 14.1. The molecule has 0 radical (unpaired) electrons. The maximum Gasteiger partial charge on any atom is 0.295 e. The van der Waals surface area contributed by atoms with E-state index in [0.717, 1.165) is 47.9 Å². The molecule has 0 amide bonds. The van der Waals surface area contributed by atoms with Gasteiger partial charge in [0.2, 0.25) is 0 Å². The monoisotopic (exact) mass is 366 g/mol. The molecular weight excluding hydrogens is 350 g/mol.